The molecule has 1 fully saturated rings. The molecule has 160 valence electrons. The highest BCUT2D eigenvalue weighted by Crippen LogP contribution is 2.31. The van der Waals surface area contributed by atoms with Gasteiger partial charge < -0.3 is 20.3 Å². The molecular formula is C19H27F2IN6O. The van der Waals surface area contributed by atoms with Crippen LogP contribution in [0.5, 0.6) is 5.75 Å². The van der Waals surface area contributed by atoms with Crippen molar-refractivity contribution < 1.29 is 13.5 Å². The smallest absolute Gasteiger partial charge is 0.387 e. The first-order valence-electron chi connectivity index (χ1n) is 9.46. The summed E-state index contributed by atoms with van der Waals surface area (Å²) in [5, 5.41) is 10.9. The Balaban J connectivity index is 0.00000300. The summed E-state index contributed by atoms with van der Waals surface area (Å²) in [6.07, 6.45) is 4.53. The summed E-state index contributed by atoms with van der Waals surface area (Å²) >= 11 is 0. The third kappa shape index (κ3) is 7.02. The molecule has 10 heteroatoms. The van der Waals surface area contributed by atoms with Crippen molar-refractivity contribution in [1.82, 2.24) is 20.4 Å². The monoisotopic (exact) mass is 520 g/mol. The van der Waals surface area contributed by atoms with Crippen LogP contribution in [0.25, 0.3) is 0 Å². The maximum atomic E-state index is 12.7. The van der Waals surface area contributed by atoms with E-state index in [0.717, 1.165) is 25.5 Å². The molecule has 0 saturated carbocycles. The number of nitrogens with one attached hydrogen (secondary N) is 2. The first-order chi connectivity index (χ1) is 13.7. The number of nitrogens with zero attached hydrogens (tertiary/aromatic N) is 4. The molecule has 1 aromatic carbocycles. The predicted octanol–water partition coefficient (Wildman–Crippen LogP) is 2.94. The maximum absolute atomic E-state index is 12.7. The Bertz CT molecular complexity index is 759. The summed E-state index contributed by atoms with van der Waals surface area (Å²) in [6.45, 7) is 2.71. The van der Waals surface area contributed by atoms with Gasteiger partial charge in [0.1, 0.15) is 5.75 Å². The lowest BCUT2D eigenvalue weighted by Gasteiger charge is -2.22. The third-order valence-electron chi connectivity index (χ3n) is 4.45. The van der Waals surface area contributed by atoms with Gasteiger partial charge in [-0.05, 0) is 31.5 Å². The zero-order valence-electron chi connectivity index (χ0n) is 16.3. The number of halogens is 3. The van der Waals surface area contributed by atoms with Gasteiger partial charge in [-0.25, -0.2) is 0 Å². The van der Waals surface area contributed by atoms with Gasteiger partial charge in [-0.2, -0.15) is 13.9 Å². The fourth-order valence-corrected chi connectivity index (χ4v) is 3.22. The Hall–Kier alpha value is -2.11. The van der Waals surface area contributed by atoms with E-state index in [1.807, 2.05) is 36.0 Å². The Morgan fingerprint density at radius 1 is 1.34 bits per heavy atom. The van der Waals surface area contributed by atoms with Crippen LogP contribution in [-0.2, 0) is 6.54 Å². The molecule has 2 heterocycles. The van der Waals surface area contributed by atoms with Gasteiger partial charge in [-0.15, -0.1) is 24.0 Å². The van der Waals surface area contributed by atoms with E-state index < -0.39 is 6.61 Å². The Morgan fingerprint density at radius 3 is 2.90 bits per heavy atom. The van der Waals surface area contributed by atoms with Gasteiger partial charge in [0, 0.05) is 38.1 Å². The van der Waals surface area contributed by atoms with Gasteiger partial charge in [-0.3, -0.25) is 9.67 Å². The van der Waals surface area contributed by atoms with Crippen molar-refractivity contribution in [1.29, 1.82) is 0 Å². The number of ether oxygens (including phenoxy) is 1. The second-order valence-corrected chi connectivity index (χ2v) is 6.45. The predicted molar refractivity (Wildman–Crippen MR) is 120 cm³/mol. The van der Waals surface area contributed by atoms with Crippen LogP contribution in [0.3, 0.4) is 0 Å². The fourth-order valence-electron chi connectivity index (χ4n) is 3.22. The summed E-state index contributed by atoms with van der Waals surface area (Å²) in [4.78, 5) is 6.66. The summed E-state index contributed by atoms with van der Waals surface area (Å²) in [7, 11) is 0. The molecule has 1 unspecified atom stereocenters. The highest BCUT2D eigenvalue weighted by molar-refractivity contribution is 14.0. The van der Waals surface area contributed by atoms with Gasteiger partial charge in [-0.1, -0.05) is 12.1 Å². The summed E-state index contributed by atoms with van der Waals surface area (Å²) in [5.41, 5.74) is 0.688. The molecule has 1 saturated heterocycles. The van der Waals surface area contributed by atoms with Crippen molar-refractivity contribution in [3.63, 3.8) is 0 Å². The van der Waals surface area contributed by atoms with Gasteiger partial charge in [0.05, 0.1) is 18.8 Å². The first kappa shape index (κ1) is 23.2. The highest BCUT2D eigenvalue weighted by Gasteiger charge is 2.26. The van der Waals surface area contributed by atoms with E-state index in [2.05, 4.69) is 30.4 Å². The SMILES string of the molecule is CCNC(=NCCn1cccn1)NC1CCN(c2ccccc2OC(F)F)C1.I. The lowest BCUT2D eigenvalue weighted by molar-refractivity contribution is -0.0495. The normalized spacial score (nSPS) is 16.6. The Kier molecular flexibility index (Phi) is 9.42. The molecule has 2 aromatic rings. The largest absolute Gasteiger partial charge is 0.433 e. The molecule has 3 rings (SSSR count). The van der Waals surface area contributed by atoms with E-state index in [-0.39, 0.29) is 35.8 Å². The van der Waals surface area contributed by atoms with E-state index in [4.69, 9.17) is 0 Å². The molecule has 0 amide bonds. The molecule has 29 heavy (non-hydrogen) atoms. The molecule has 1 aliphatic rings. The second-order valence-electron chi connectivity index (χ2n) is 6.45. The average molecular weight is 520 g/mol. The molecule has 0 bridgehead atoms. The number of hydrogen-bond donors (Lipinski definition) is 2. The van der Waals surface area contributed by atoms with Gasteiger partial charge in [0.2, 0.25) is 0 Å². The average Bonchev–Trinajstić information content (AvgIpc) is 3.34. The van der Waals surface area contributed by atoms with E-state index in [0.29, 0.717) is 25.3 Å². The quantitative estimate of drug-likeness (QED) is 0.319. The zero-order chi connectivity index (χ0) is 19.8. The molecule has 1 aromatic heterocycles. The fraction of sp³-hybridized carbons (Fsp3) is 0.474. The lowest BCUT2D eigenvalue weighted by atomic mass is 10.2. The van der Waals surface area contributed by atoms with Crippen LogP contribution >= 0.6 is 24.0 Å². The van der Waals surface area contributed by atoms with E-state index >= 15 is 0 Å². The van der Waals surface area contributed by atoms with Crippen molar-refractivity contribution in [2.45, 2.75) is 32.5 Å². The standard InChI is InChI=1S/C19H26F2N6O.HI/c1-2-22-19(23-10-13-27-11-5-9-24-27)25-15-8-12-26(14-15)16-6-3-4-7-17(16)28-18(20)21;/h3-7,9,11,15,18H,2,8,10,12-14H2,1H3,(H2,22,23,25);1H. The van der Waals surface area contributed by atoms with Gasteiger partial charge in [0.25, 0.3) is 0 Å². The molecule has 7 nitrogen and oxygen atoms in total. The summed E-state index contributed by atoms with van der Waals surface area (Å²) in [5.74, 6) is 0.955. The number of rotatable bonds is 8. The van der Waals surface area contributed by atoms with Crippen molar-refractivity contribution in [2.75, 3.05) is 31.1 Å². The number of guanidine groups is 1. The van der Waals surface area contributed by atoms with Gasteiger partial charge in [0.15, 0.2) is 5.96 Å². The maximum Gasteiger partial charge on any atom is 0.387 e. The van der Waals surface area contributed by atoms with Crippen molar-refractivity contribution in [2.24, 2.45) is 4.99 Å². The number of aliphatic imine (C=N–C) groups is 1. The molecule has 0 aliphatic carbocycles. The topological polar surface area (TPSA) is 66.7 Å². The zero-order valence-corrected chi connectivity index (χ0v) is 18.6. The molecule has 0 radical (unpaired) electrons. The highest BCUT2D eigenvalue weighted by atomic mass is 127. The van der Waals surface area contributed by atoms with E-state index in [9.17, 15) is 8.78 Å². The minimum Gasteiger partial charge on any atom is -0.433 e. The Morgan fingerprint density at radius 2 is 2.17 bits per heavy atom. The van der Waals surface area contributed by atoms with Gasteiger partial charge >= 0.3 is 6.61 Å². The minimum absolute atomic E-state index is 0. The number of para-hydroxylation sites is 2. The number of anilines is 1. The van der Waals surface area contributed by atoms with Crippen LogP contribution in [-0.4, -0.2) is 54.6 Å². The van der Waals surface area contributed by atoms with Crippen LogP contribution in [0.4, 0.5) is 14.5 Å². The number of aromatic nitrogens is 2. The van der Waals surface area contributed by atoms with E-state index in [1.165, 1.54) is 0 Å². The lowest BCUT2D eigenvalue weighted by Crippen LogP contribution is -2.44. The Labute approximate surface area is 186 Å². The number of alkyl halides is 2. The van der Waals surface area contributed by atoms with Crippen LogP contribution < -0.4 is 20.3 Å². The van der Waals surface area contributed by atoms with E-state index in [1.54, 1.807) is 18.3 Å². The van der Waals surface area contributed by atoms with Crippen molar-refractivity contribution in [3.8, 4) is 5.75 Å². The summed E-state index contributed by atoms with van der Waals surface area (Å²) < 4.78 is 31.8. The molecule has 0 spiro atoms. The third-order valence-corrected chi connectivity index (χ3v) is 4.45. The van der Waals surface area contributed by atoms with Crippen LogP contribution in [0.15, 0.2) is 47.7 Å². The minimum atomic E-state index is -2.83. The van der Waals surface area contributed by atoms with Crippen molar-refractivity contribution >= 4 is 35.6 Å². The van der Waals surface area contributed by atoms with Crippen LogP contribution in [0, 0.1) is 0 Å². The van der Waals surface area contributed by atoms with Crippen molar-refractivity contribution in [3.05, 3.63) is 42.7 Å². The van der Waals surface area contributed by atoms with Crippen LogP contribution in [0.2, 0.25) is 0 Å². The summed E-state index contributed by atoms with van der Waals surface area (Å²) in [6, 6.07) is 8.96. The number of benzene rings is 1. The molecule has 1 atom stereocenters. The second kappa shape index (κ2) is 11.8. The van der Waals surface area contributed by atoms with Crippen LogP contribution in [0.1, 0.15) is 13.3 Å². The molecule has 2 N–H and O–H groups in total. The number of hydrogen-bond acceptors (Lipinski definition) is 4. The first-order valence-corrected chi connectivity index (χ1v) is 9.46. The molecule has 1 aliphatic heterocycles. The molecular weight excluding hydrogens is 493 g/mol.